The van der Waals surface area contributed by atoms with Crippen LogP contribution in [0.5, 0.6) is 0 Å². The summed E-state index contributed by atoms with van der Waals surface area (Å²) in [6, 6.07) is 11.9. The molecule has 0 spiro atoms. The van der Waals surface area contributed by atoms with E-state index in [1.54, 1.807) is 6.33 Å². The van der Waals surface area contributed by atoms with Gasteiger partial charge in [-0.2, -0.15) is 0 Å². The van der Waals surface area contributed by atoms with Gasteiger partial charge in [-0.1, -0.05) is 30.3 Å². The number of nitrogens with zero attached hydrogens (tertiary/aromatic N) is 4. The van der Waals surface area contributed by atoms with E-state index in [0.717, 1.165) is 41.0 Å². The molecular formula is C21H24N6OS. The fraction of sp³-hybridized carbons (Fsp3) is 0.333. The average Bonchev–Trinajstić information content (AvgIpc) is 3.42. The smallest absolute Gasteiger partial charge is 0.263 e. The van der Waals surface area contributed by atoms with Gasteiger partial charge in [-0.15, -0.1) is 11.3 Å². The molecule has 0 aliphatic carbocycles. The first kappa shape index (κ1) is 19.3. The summed E-state index contributed by atoms with van der Waals surface area (Å²) in [5.41, 5.74) is 1.78. The van der Waals surface area contributed by atoms with Gasteiger partial charge in [-0.3, -0.25) is 4.79 Å². The van der Waals surface area contributed by atoms with Crippen LogP contribution in [-0.2, 0) is 0 Å². The first-order chi connectivity index (χ1) is 14.2. The molecule has 150 valence electrons. The van der Waals surface area contributed by atoms with E-state index in [-0.39, 0.29) is 5.91 Å². The molecule has 1 saturated heterocycles. The van der Waals surface area contributed by atoms with Crippen LogP contribution in [0, 0.1) is 6.92 Å². The number of carbonyl (C=O) groups excluding carboxylic acids is 1. The lowest BCUT2D eigenvalue weighted by Gasteiger charge is -2.16. The third-order valence-corrected chi connectivity index (χ3v) is 6.03. The van der Waals surface area contributed by atoms with Crippen LogP contribution in [0.1, 0.15) is 28.2 Å². The number of thiazole rings is 1. The Balaban J connectivity index is 1.29. The zero-order valence-corrected chi connectivity index (χ0v) is 17.2. The highest BCUT2D eigenvalue weighted by atomic mass is 32.1. The molecule has 0 unspecified atom stereocenters. The van der Waals surface area contributed by atoms with Gasteiger partial charge < -0.3 is 15.5 Å². The van der Waals surface area contributed by atoms with Gasteiger partial charge >= 0.3 is 0 Å². The summed E-state index contributed by atoms with van der Waals surface area (Å²) >= 11 is 1.42. The third kappa shape index (κ3) is 4.71. The lowest BCUT2D eigenvalue weighted by atomic mass is 10.2. The second kappa shape index (κ2) is 9.00. The molecule has 1 amide bonds. The Labute approximate surface area is 174 Å². The zero-order valence-electron chi connectivity index (χ0n) is 16.4. The van der Waals surface area contributed by atoms with Gasteiger partial charge in [0.2, 0.25) is 0 Å². The minimum Gasteiger partial charge on any atom is -0.368 e. The Morgan fingerprint density at radius 2 is 1.93 bits per heavy atom. The number of amides is 1. The number of nitrogens with one attached hydrogen (secondary N) is 2. The Morgan fingerprint density at radius 1 is 1.14 bits per heavy atom. The van der Waals surface area contributed by atoms with E-state index in [1.165, 1.54) is 24.2 Å². The van der Waals surface area contributed by atoms with Crippen molar-refractivity contribution in [2.24, 2.45) is 0 Å². The lowest BCUT2D eigenvalue weighted by molar-refractivity contribution is 0.0958. The number of benzene rings is 1. The number of anilines is 2. The maximum atomic E-state index is 12.5. The van der Waals surface area contributed by atoms with Crippen molar-refractivity contribution in [1.29, 1.82) is 0 Å². The molecule has 7 nitrogen and oxygen atoms in total. The van der Waals surface area contributed by atoms with Gasteiger partial charge in [-0.05, 0) is 19.8 Å². The second-order valence-corrected chi connectivity index (χ2v) is 7.94. The molecule has 8 heteroatoms. The van der Waals surface area contributed by atoms with Crippen molar-refractivity contribution in [3.63, 3.8) is 0 Å². The van der Waals surface area contributed by atoms with E-state index in [2.05, 4.69) is 30.5 Å². The van der Waals surface area contributed by atoms with Crippen LogP contribution < -0.4 is 15.5 Å². The Kier molecular flexibility index (Phi) is 6.00. The van der Waals surface area contributed by atoms with E-state index in [1.807, 2.05) is 43.3 Å². The van der Waals surface area contributed by atoms with Gasteiger partial charge in [-0.25, -0.2) is 15.0 Å². The molecule has 1 aliphatic rings. The predicted octanol–water partition coefficient (Wildman–Crippen LogP) is 3.35. The molecule has 0 saturated carbocycles. The van der Waals surface area contributed by atoms with Crippen LogP contribution >= 0.6 is 11.3 Å². The highest BCUT2D eigenvalue weighted by Crippen LogP contribution is 2.27. The monoisotopic (exact) mass is 408 g/mol. The Hall–Kier alpha value is -3.00. The first-order valence-electron chi connectivity index (χ1n) is 9.82. The fourth-order valence-electron chi connectivity index (χ4n) is 3.32. The topological polar surface area (TPSA) is 83.0 Å². The van der Waals surface area contributed by atoms with Crippen molar-refractivity contribution in [3.8, 4) is 10.6 Å². The lowest BCUT2D eigenvalue weighted by Crippen LogP contribution is -2.28. The maximum absolute atomic E-state index is 12.5. The van der Waals surface area contributed by atoms with Gasteiger partial charge in [0.25, 0.3) is 5.91 Å². The van der Waals surface area contributed by atoms with E-state index < -0.39 is 0 Å². The number of carbonyl (C=O) groups is 1. The van der Waals surface area contributed by atoms with Crippen molar-refractivity contribution in [1.82, 2.24) is 20.3 Å². The summed E-state index contributed by atoms with van der Waals surface area (Å²) in [4.78, 5) is 28.6. The van der Waals surface area contributed by atoms with Crippen LogP contribution in [0.15, 0.2) is 42.7 Å². The summed E-state index contributed by atoms with van der Waals surface area (Å²) in [5, 5.41) is 7.08. The standard InChI is InChI=1S/C21H24N6OS/c1-15-19(29-21(26-15)16-7-3-2-4-8-16)20(28)23-10-9-22-17-13-18(25-14-24-17)27-11-5-6-12-27/h2-4,7-8,13-14H,5-6,9-12H2,1H3,(H,23,28)(H,22,24,25). The zero-order chi connectivity index (χ0) is 20.1. The summed E-state index contributed by atoms with van der Waals surface area (Å²) in [5.74, 6) is 1.64. The predicted molar refractivity (Wildman–Crippen MR) is 117 cm³/mol. The van der Waals surface area contributed by atoms with Crippen LogP contribution in [0.3, 0.4) is 0 Å². The minimum atomic E-state index is -0.0931. The molecular weight excluding hydrogens is 384 g/mol. The van der Waals surface area contributed by atoms with E-state index >= 15 is 0 Å². The normalized spacial score (nSPS) is 13.5. The van der Waals surface area contributed by atoms with Gasteiger partial charge in [0.1, 0.15) is 27.8 Å². The van der Waals surface area contributed by atoms with Crippen LogP contribution in [0.25, 0.3) is 10.6 Å². The van der Waals surface area contributed by atoms with Gasteiger partial charge in [0.05, 0.1) is 5.69 Å². The Bertz CT molecular complexity index is 968. The third-order valence-electron chi connectivity index (χ3n) is 4.82. The van der Waals surface area contributed by atoms with Crippen molar-refractivity contribution >= 4 is 28.9 Å². The molecule has 1 fully saturated rings. The van der Waals surface area contributed by atoms with Crippen LogP contribution in [-0.4, -0.2) is 47.0 Å². The average molecular weight is 409 g/mol. The van der Waals surface area contributed by atoms with E-state index in [4.69, 9.17) is 0 Å². The second-order valence-electron chi connectivity index (χ2n) is 6.94. The highest BCUT2D eigenvalue weighted by molar-refractivity contribution is 7.17. The SMILES string of the molecule is Cc1nc(-c2ccccc2)sc1C(=O)NCCNc1cc(N2CCCC2)ncn1. The molecule has 2 N–H and O–H groups in total. The summed E-state index contributed by atoms with van der Waals surface area (Å²) in [6.45, 7) is 5.06. The number of hydrogen-bond acceptors (Lipinski definition) is 7. The molecule has 29 heavy (non-hydrogen) atoms. The molecule has 2 aromatic heterocycles. The van der Waals surface area contributed by atoms with Gasteiger partial charge in [0, 0.05) is 37.8 Å². The highest BCUT2D eigenvalue weighted by Gasteiger charge is 2.16. The largest absolute Gasteiger partial charge is 0.368 e. The molecule has 0 bridgehead atoms. The number of aryl methyl sites for hydroxylation is 1. The van der Waals surface area contributed by atoms with Crippen molar-refractivity contribution in [2.75, 3.05) is 36.4 Å². The number of hydrogen-bond donors (Lipinski definition) is 2. The molecule has 0 radical (unpaired) electrons. The minimum absolute atomic E-state index is 0.0931. The molecule has 1 aliphatic heterocycles. The van der Waals surface area contributed by atoms with Crippen LogP contribution in [0.4, 0.5) is 11.6 Å². The molecule has 3 aromatic rings. The van der Waals surface area contributed by atoms with Crippen molar-refractivity contribution in [2.45, 2.75) is 19.8 Å². The number of aromatic nitrogens is 3. The number of rotatable bonds is 7. The van der Waals surface area contributed by atoms with Gasteiger partial charge in [0.15, 0.2) is 0 Å². The maximum Gasteiger partial charge on any atom is 0.263 e. The van der Waals surface area contributed by atoms with E-state index in [9.17, 15) is 4.79 Å². The first-order valence-corrected chi connectivity index (χ1v) is 10.6. The molecule has 1 aromatic carbocycles. The van der Waals surface area contributed by atoms with Crippen LogP contribution in [0.2, 0.25) is 0 Å². The molecule has 0 atom stereocenters. The van der Waals surface area contributed by atoms with E-state index in [0.29, 0.717) is 18.0 Å². The summed E-state index contributed by atoms with van der Waals surface area (Å²) in [6.07, 6.45) is 4.00. The Morgan fingerprint density at radius 3 is 2.72 bits per heavy atom. The summed E-state index contributed by atoms with van der Waals surface area (Å²) < 4.78 is 0. The molecule has 3 heterocycles. The fourth-order valence-corrected chi connectivity index (χ4v) is 4.31. The van der Waals surface area contributed by atoms with Crippen molar-refractivity contribution in [3.05, 3.63) is 53.3 Å². The molecule has 4 rings (SSSR count). The summed E-state index contributed by atoms with van der Waals surface area (Å²) in [7, 11) is 0. The van der Waals surface area contributed by atoms with Crippen molar-refractivity contribution < 1.29 is 4.79 Å². The quantitative estimate of drug-likeness (QED) is 0.584.